The van der Waals surface area contributed by atoms with Gasteiger partial charge >= 0.3 is 0 Å². The van der Waals surface area contributed by atoms with Gasteiger partial charge in [-0.05, 0) is 67.6 Å². The fourth-order valence-electron chi connectivity index (χ4n) is 4.88. The number of H-pyrrole nitrogens is 1. The second kappa shape index (κ2) is 11.0. The second-order valence-electron chi connectivity index (χ2n) is 9.65. The van der Waals surface area contributed by atoms with Crippen LogP contribution in [0.2, 0.25) is 10.0 Å². The van der Waals surface area contributed by atoms with Crippen molar-refractivity contribution >= 4 is 46.3 Å². The maximum atomic E-state index is 6.30. The van der Waals surface area contributed by atoms with E-state index in [0.29, 0.717) is 15.8 Å². The average Bonchev–Trinajstić information content (AvgIpc) is 3.26. The second-order valence-corrected chi connectivity index (χ2v) is 10.5. The molecule has 1 aliphatic rings. The summed E-state index contributed by atoms with van der Waals surface area (Å²) in [6, 6.07) is 14.7. The number of halogens is 2. The van der Waals surface area contributed by atoms with Gasteiger partial charge < -0.3 is 4.74 Å². The molecule has 0 radical (unpaired) electrons. The number of fused-ring (bicyclic) bond motifs is 1. The molecule has 2 atom stereocenters. The monoisotopic (exact) mass is 520 g/mol. The molecular formula is C29H30Cl2N4O. The van der Waals surface area contributed by atoms with Crippen molar-refractivity contribution in [1.82, 2.24) is 20.1 Å². The molecule has 186 valence electrons. The summed E-state index contributed by atoms with van der Waals surface area (Å²) < 4.78 is 6.17. The standard InChI is InChI=1S/C29H30Cl2N4O/c1-19-4-3-13-35(17-19)18-22-7-5-21(6-8-22)9-11-27-24-14-23(10-12-28(24)34-33-27)36-20(2)29-25(30)15-32-16-26(29)31/h5-12,14-16,19-20H,3-4,13,17-18H2,1-2H3,(H,33,34)/b11-9+. The van der Waals surface area contributed by atoms with Gasteiger partial charge in [-0.1, -0.05) is 60.5 Å². The first-order valence-corrected chi connectivity index (χ1v) is 13.1. The molecule has 5 rings (SSSR count). The number of aromatic amines is 1. The van der Waals surface area contributed by atoms with Crippen molar-refractivity contribution in [2.75, 3.05) is 13.1 Å². The molecule has 36 heavy (non-hydrogen) atoms. The lowest BCUT2D eigenvalue weighted by molar-refractivity contribution is 0.176. The SMILES string of the molecule is CC1CCCN(Cc2ccc(/C=C/c3n[nH]c4ccc(OC(C)c5c(Cl)cncc5Cl)cc34)cc2)C1. The zero-order valence-electron chi connectivity index (χ0n) is 20.5. The average molecular weight is 521 g/mol. The van der Waals surface area contributed by atoms with Crippen molar-refractivity contribution in [2.45, 2.75) is 39.3 Å². The third kappa shape index (κ3) is 5.75. The molecular weight excluding hydrogens is 491 g/mol. The summed E-state index contributed by atoms with van der Waals surface area (Å²) >= 11 is 12.6. The van der Waals surface area contributed by atoms with Crippen LogP contribution in [0, 0.1) is 5.92 Å². The molecule has 2 aromatic heterocycles. The van der Waals surface area contributed by atoms with Gasteiger partial charge in [0.15, 0.2) is 0 Å². The molecule has 3 heterocycles. The Balaban J connectivity index is 1.28. The Hall–Kier alpha value is -2.86. The highest BCUT2D eigenvalue weighted by Crippen LogP contribution is 2.33. The van der Waals surface area contributed by atoms with E-state index < -0.39 is 0 Å². The number of ether oxygens (including phenoxy) is 1. The lowest BCUT2D eigenvalue weighted by Gasteiger charge is -2.30. The van der Waals surface area contributed by atoms with Gasteiger partial charge in [0.05, 0.1) is 21.3 Å². The maximum Gasteiger partial charge on any atom is 0.124 e. The van der Waals surface area contributed by atoms with E-state index in [1.165, 1.54) is 31.5 Å². The van der Waals surface area contributed by atoms with Crippen molar-refractivity contribution in [2.24, 2.45) is 5.92 Å². The van der Waals surface area contributed by atoms with E-state index in [0.717, 1.165) is 40.2 Å². The molecule has 1 saturated heterocycles. The highest BCUT2D eigenvalue weighted by Gasteiger charge is 2.17. The van der Waals surface area contributed by atoms with Crippen LogP contribution in [0.15, 0.2) is 54.9 Å². The molecule has 0 amide bonds. The number of benzene rings is 2. The lowest BCUT2D eigenvalue weighted by Crippen LogP contribution is -2.33. The third-order valence-corrected chi connectivity index (χ3v) is 7.34. The normalized spacial score (nSPS) is 17.6. The van der Waals surface area contributed by atoms with Crippen molar-refractivity contribution in [3.05, 3.63) is 87.3 Å². The number of nitrogens with zero attached hydrogens (tertiary/aromatic N) is 3. The Kier molecular flexibility index (Phi) is 7.61. The van der Waals surface area contributed by atoms with Crippen LogP contribution in [0.25, 0.3) is 23.1 Å². The van der Waals surface area contributed by atoms with Crippen LogP contribution in [0.1, 0.15) is 55.2 Å². The van der Waals surface area contributed by atoms with Gasteiger partial charge in [-0.25, -0.2) is 0 Å². The molecule has 1 aliphatic heterocycles. The molecule has 0 bridgehead atoms. The van der Waals surface area contributed by atoms with E-state index in [4.69, 9.17) is 27.9 Å². The number of likely N-dealkylation sites (tertiary alicyclic amines) is 1. The molecule has 7 heteroatoms. The summed E-state index contributed by atoms with van der Waals surface area (Å²) in [7, 11) is 0. The molecule has 1 N–H and O–H groups in total. The van der Waals surface area contributed by atoms with Crippen LogP contribution in [0.4, 0.5) is 0 Å². The van der Waals surface area contributed by atoms with Crippen molar-refractivity contribution in [3.63, 3.8) is 0 Å². The summed E-state index contributed by atoms with van der Waals surface area (Å²) in [6.45, 7) is 7.69. The van der Waals surface area contributed by atoms with Gasteiger partial charge in [-0.15, -0.1) is 0 Å². The number of hydrogen-bond acceptors (Lipinski definition) is 4. The molecule has 2 aromatic carbocycles. The Morgan fingerprint density at radius 3 is 2.64 bits per heavy atom. The maximum absolute atomic E-state index is 6.30. The minimum absolute atomic E-state index is 0.331. The Labute approximate surface area is 222 Å². The third-order valence-electron chi connectivity index (χ3n) is 6.73. The fraction of sp³-hybridized carbons (Fsp3) is 0.310. The summed E-state index contributed by atoms with van der Waals surface area (Å²) in [6.07, 6.45) is 9.59. The number of rotatable bonds is 7. The Morgan fingerprint density at radius 2 is 1.89 bits per heavy atom. The first-order valence-electron chi connectivity index (χ1n) is 12.4. The predicted molar refractivity (Wildman–Crippen MR) is 148 cm³/mol. The highest BCUT2D eigenvalue weighted by molar-refractivity contribution is 6.35. The highest BCUT2D eigenvalue weighted by atomic mass is 35.5. The largest absolute Gasteiger partial charge is 0.486 e. The first-order chi connectivity index (χ1) is 17.5. The lowest BCUT2D eigenvalue weighted by atomic mass is 9.99. The minimum Gasteiger partial charge on any atom is -0.486 e. The van der Waals surface area contributed by atoms with Gasteiger partial charge in [0.2, 0.25) is 0 Å². The zero-order chi connectivity index (χ0) is 25.1. The number of pyridine rings is 1. The quantitative estimate of drug-likeness (QED) is 0.270. The zero-order valence-corrected chi connectivity index (χ0v) is 22.1. The van der Waals surface area contributed by atoms with Crippen molar-refractivity contribution in [1.29, 1.82) is 0 Å². The topological polar surface area (TPSA) is 54.0 Å². The van der Waals surface area contributed by atoms with Crippen LogP contribution in [-0.4, -0.2) is 33.2 Å². The van der Waals surface area contributed by atoms with Gasteiger partial charge in [0.25, 0.3) is 0 Å². The molecule has 5 nitrogen and oxygen atoms in total. The number of hydrogen-bond donors (Lipinski definition) is 1. The first kappa shape index (κ1) is 24.8. The molecule has 1 fully saturated rings. The van der Waals surface area contributed by atoms with Crippen molar-refractivity contribution in [3.8, 4) is 5.75 Å². The predicted octanol–water partition coefficient (Wildman–Crippen LogP) is 7.81. The smallest absolute Gasteiger partial charge is 0.124 e. The van der Waals surface area contributed by atoms with Crippen LogP contribution >= 0.6 is 23.2 Å². The van der Waals surface area contributed by atoms with Crippen LogP contribution in [0.5, 0.6) is 5.75 Å². The van der Waals surface area contributed by atoms with Crippen LogP contribution < -0.4 is 4.74 Å². The van der Waals surface area contributed by atoms with E-state index in [9.17, 15) is 0 Å². The van der Waals surface area contributed by atoms with E-state index >= 15 is 0 Å². The molecule has 2 unspecified atom stereocenters. The molecule has 4 aromatic rings. The molecule has 0 saturated carbocycles. The van der Waals surface area contributed by atoms with Crippen molar-refractivity contribution < 1.29 is 4.74 Å². The van der Waals surface area contributed by atoms with E-state index in [-0.39, 0.29) is 6.10 Å². The number of nitrogens with one attached hydrogen (secondary N) is 1. The van der Waals surface area contributed by atoms with Gasteiger partial charge in [-0.3, -0.25) is 15.0 Å². The summed E-state index contributed by atoms with van der Waals surface area (Å²) in [5.41, 5.74) is 5.02. The van der Waals surface area contributed by atoms with Gasteiger partial charge in [0.1, 0.15) is 11.9 Å². The van der Waals surface area contributed by atoms with Crippen LogP contribution in [-0.2, 0) is 6.54 Å². The van der Waals surface area contributed by atoms with E-state index in [1.54, 1.807) is 12.4 Å². The number of piperidine rings is 1. The van der Waals surface area contributed by atoms with Gasteiger partial charge in [0, 0.05) is 36.4 Å². The summed E-state index contributed by atoms with van der Waals surface area (Å²) in [5, 5.41) is 9.55. The van der Waals surface area contributed by atoms with E-state index in [1.807, 2.05) is 31.2 Å². The Morgan fingerprint density at radius 1 is 1.11 bits per heavy atom. The minimum atomic E-state index is -0.331. The molecule has 0 spiro atoms. The summed E-state index contributed by atoms with van der Waals surface area (Å²) in [4.78, 5) is 6.58. The molecule has 0 aliphatic carbocycles. The Bertz CT molecular complexity index is 1350. The summed E-state index contributed by atoms with van der Waals surface area (Å²) in [5.74, 6) is 1.51. The van der Waals surface area contributed by atoms with Crippen LogP contribution in [0.3, 0.4) is 0 Å². The van der Waals surface area contributed by atoms with Gasteiger partial charge in [-0.2, -0.15) is 5.10 Å². The van der Waals surface area contributed by atoms with E-state index in [2.05, 4.69) is 57.3 Å². The number of aromatic nitrogens is 3. The fourth-order valence-corrected chi connectivity index (χ4v) is 5.56.